The van der Waals surface area contributed by atoms with Gasteiger partial charge in [-0.2, -0.15) is 0 Å². The summed E-state index contributed by atoms with van der Waals surface area (Å²) in [6.45, 7) is 1.01. The lowest BCUT2D eigenvalue weighted by molar-refractivity contribution is 0.197. The first kappa shape index (κ1) is 12.9. The number of carbonyl (C=O) groups excluding carboxylic acids is 1. The van der Waals surface area contributed by atoms with Gasteiger partial charge in [0.2, 0.25) is 0 Å². The van der Waals surface area contributed by atoms with Crippen LogP contribution >= 0.6 is 0 Å². The van der Waals surface area contributed by atoms with Crippen molar-refractivity contribution >= 4 is 11.7 Å². The van der Waals surface area contributed by atoms with Crippen molar-refractivity contribution in [3.63, 3.8) is 0 Å². The van der Waals surface area contributed by atoms with Crippen molar-refractivity contribution in [2.45, 2.75) is 31.7 Å². The molecule has 1 heterocycles. The molecular weight excluding hydrogens is 228 g/mol. The second-order valence-electron chi connectivity index (χ2n) is 4.65. The van der Waals surface area contributed by atoms with Crippen LogP contribution in [0.25, 0.3) is 0 Å². The molecule has 0 aliphatic carbocycles. The van der Waals surface area contributed by atoms with E-state index in [4.69, 9.17) is 5.11 Å². The zero-order valence-corrected chi connectivity index (χ0v) is 10.5. The molecule has 1 unspecified atom stereocenters. The van der Waals surface area contributed by atoms with Crippen molar-refractivity contribution in [1.29, 1.82) is 0 Å². The second-order valence-corrected chi connectivity index (χ2v) is 4.65. The fourth-order valence-corrected chi connectivity index (χ4v) is 2.45. The number of anilines is 1. The number of nitrogens with zero attached hydrogens (tertiary/aromatic N) is 1. The molecule has 2 N–H and O–H groups in total. The van der Waals surface area contributed by atoms with Crippen molar-refractivity contribution in [1.82, 2.24) is 4.90 Å². The lowest BCUT2D eigenvalue weighted by Gasteiger charge is -2.24. The number of nitrogens with one attached hydrogen (secondary N) is 1. The van der Waals surface area contributed by atoms with E-state index < -0.39 is 0 Å². The molecule has 4 nitrogen and oxygen atoms in total. The van der Waals surface area contributed by atoms with Crippen LogP contribution < -0.4 is 5.32 Å². The largest absolute Gasteiger partial charge is 0.396 e. The number of aliphatic hydroxyl groups is 1. The summed E-state index contributed by atoms with van der Waals surface area (Å²) >= 11 is 0. The normalized spacial score (nSPS) is 18.9. The molecule has 0 radical (unpaired) electrons. The monoisotopic (exact) mass is 248 g/mol. The number of carbonyl (C=O) groups is 1. The highest BCUT2D eigenvalue weighted by molar-refractivity contribution is 5.89. The standard InChI is InChI=1S/C14H20N2O2/c17-11-5-9-13-8-4-10-16(13)14(18)15-12-6-2-1-3-7-12/h1-3,6-7,13,17H,4-5,8-11H2,(H,15,18). The molecule has 98 valence electrons. The molecule has 0 spiro atoms. The Morgan fingerprint density at radius 2 is 2.17 bits per heavy atom. The zero-order chi connectivity index (χ0) is 12.8. The Labute approximate surface area is 108 Å². The van der Waals surface area contributed by atoms with Gasteiger partial charge in [-0.15, -0.1) is 0 Å². The number of rotatable bonds is 4. The molecule has 1 atom stereocenters. The minimum atomic E-state index is -0.0263. The average molecular weight is 248 g/mol. The van der Waals surface area contributed by atoms with Gasteiger partial charge in [-0.05, 0) is 37.8 Å². The van der Waals surface area contributed by atoms with Crippen LogP contribution in [0.4, 0.5) is 10.5 Å². The molecule has 0 saturated carbocycles. The van der Waals surface area contributed by atoms with Crippen molar-refractivity contribution in [2.75, 3.05) is 18.5 Å². The number of hydrogen-bond acceptors (Lipinski definition) is 2. The summed E-state index contributed by atoms with van der Waals surface area (Å²) in [5, 5.41) is 11.8. The second kappa shape index (κ2) is 6.40. The summed E-state index contributed by atoms with van der Waals surface area (Å²) in [6, 6.07) is 9.76. The Hall–Kier alpha value is -1.55. The van der Waals surface area contributed by atoms with Gasteiger partial charge in [0, 0.05) is 24.9 Å². The topological polar surface area (TPSA) is 52.6 Å². The number of amides is 2. The number of urea groups is 1. The lowest BCUT2D eigenvalue weighted by Crippen LogP contribution is -2.38. The number of hydrogen-bond donors (Lipinski definition) is 2. The molecule has 2 amide bonds. The van der Waals surface area contributed by atoms with Gasteiger partial charge in [-0.25, -0.2) is 4.79 Å². The third-order valence-electron chi connectivity index (χ3n) is 3.36. The zero-order valence-electron chi connectivity index (χ0n) is 10.5. The third kappa shape index (κ3) is 3.23. The summed E-state index contributed by atoms with van der Waals surface area (Å²) in [5.74, 6) is 0. The highest BCUT2D eigenvalue weighted by atomic mass is 16.3. The summed E-state index contributed by atoms with van der Waals surface area (Å²) < 4.78 is 0. The van der Waals surface area contributed by atoms with Crippen LogP contribution in [-0.2, 0) is 0 Å². The fourth-order valence-electron chi connectivity index (χ4n) is 2.45. The van der Waals surface area contributed by atoms with E-state index in [1.165, 1.54) is 0 Å². The molecule has 1 fully saturated rings. The maximum absolute atomic E-state index is 12.1. The first-order chi connectivity index (χ1) is 8.81. The van der Waals surface area contributed by atoms with E-state index in [1.807, 2.05) is 35.2 Å². The van der Waals surface area contributed by atoms with Crippen LogP contribution in [-0.4, -0.2) is 35.2 Å². The number of aliphatic hydroxyl groups excluding tert-OH is 1. The summed E-state index contributed by atoms with van der Waals surface area (Å²) in [7, 11) is 0. The molecule has 0 aromatic heterocycles. The van der Waals surface area contributed by atoms with Gasteiger partial charge in [0.25, 0.3) is 0 Å². The van der Waals surface area contributed by atoms with Crippen molar-refractivity contribution in [3.05, 3.63) is 30.3 Å². The Bertz CT molecular complexity index is 381. The smallest absolute Gasteiger partial charge is 0.322 e. The molecular formula is C14H20N2O2. The molecule has 4 heteroatoms. The first-order valence-electron chi connectivity index (χ1n) is 6.55. The van der Waals surface area contributed by atoms with Crippen molar-refractivity contribution in [2.24, 2.45) is 0 Å². The van der Waals surface area contributed by atoms with Gasteiger partial charge in [-0.3, -0.25) is 0 Å². The summed E-state index contributed by atoms with van der Waals surface area (Å²) in [4.78, 5) is 14.0. The van der Waals surface area contributed by atoms with Crippen LogP contribution in [0.2, 0.25) is 0 Å². The molecule has 1 aromatic carbocycles. The van der Waals surface area contributed by atoms with Gasteiger partial charge in [0.1, 0.15) is 0 Å². The van der Waals surface area contributed by atoms with Crippen LogP contribution in [0.15, 0.2) is 30.3 Å². The third-order valence-corrected chi connectivity index (χ3v) is 3.36. The number of benzene rings is 1. The van der Waals surface area contributed by atoms with Crippen molar-refractivity contribution < 1.29 is 9.90 Å². The molecule has 2 rings (SSSR count). The predicted molar refractivity (Wildman–Crippen MR) is 71.5 cm³/mol. The molecule has 1 aliphatic rings. The SMILES string of the molecule is O=C(Nc1ccccc1)N1CCCC1CCCO. The lowest BCUT2D eigenvalue weighted by atomic mass is 10.1. The summed E-state index contributed by atoms with van der Waals surface area (Å²) in [6.07, 6.45) is 3.75. The van der Waals surface area contributed by atoms with Crippen LogP contribution in [0.1, 0.15) is 25.7 Å². The van der Waals surface area contributed by atoms with E-state index in [1.54, 1.807) is 0 Å². The highest BCUT2D eigenvalue weighted by Crippen LogP contribution is 2.22. The van der Waals surface area contributed by atoms with Crippen LogP contribution in [0.3, 0.4) is 0 Å². The maximum atomic E-state index is 12.1. The van der Waals surface area contributed by atoms with Crippen LogP contribution in [0, 0.1) is 0 Å². The van der Waals surface area contributed by atoms with E-state index in [2.05, 4.69) is 5.32 Å². The number of likely N-dealkylation sites (tertiary alicyclic amines) is 1. The van der Waals surface area contributed by atoms with Crippen molar-refractivity contribution in [3.8, 4) is 0 Å². The van der Waals surface area contributed by atoms with E-state index in [9.17, 15) is 4.79 Å². The molecule has 0 bridgehead atoms. The quantitative estimate of drug-likeness (QED) is 0.860. The summed E-state index contributed by atoms with van der Waals surface area (Å²) in [5.41, 5.74) is 0.829. The van der Waals surface area contributed by atoms with Gasteiger partial charge < -0.3 is 15.3 Å². The Morgan fingerprint density at radius 1 is 1.39 bits per heavy atom. The van der Waals surface area contributed by atoms with Gasteiger partial charge >= 0.3 is 6.03 Å². The molecule has 1 aliphatic heterocycles. The van der Waals surface area contributed by atoms with Gasteiger partial charge in [0.05, 0.1) is 0 Å². The van der Waals surface area contributed by atoms with E-state index >= 15 is 0 Å². The minimum absolute atomic E-state index is 0.0263. The minimum Gasteiger partial charge on any atom is -0.396 e. The van der Waals surface area contributed by atoms with E-state index in [-0.39, 0.29) is 18.7 Å². The Morgan fingerprint density at radius 3 is 2.89 bits per heavy atom. The van der Waals surface area contributed by atoms with Gasteiger partial charge in [0.15, 0.2) is 0 Å². The first-order valence-corrected chi connectivity index (χ1v) is 6.55. The fraction of sp³-hybridized carbons (Fsp3) is 0.500. The van der Waals surface area contributed by atoms with Gasteiger partial charge in [-0.1, -0.05) is 18.2 Å². The van der Waals surface area contributed by atoms with Crippen LogP contribution in [0.5, 0.6) is 0 Å². The Kier molecular flexibility index (Phi) is 4.59. The average Bonchev–Trinajstić information content (AvgIpc) is 2.86. The molecule has 1 aromatic rings. The predicted octanol–water partition coefficient (Wildman–Crippen LogP) is 2.46. The Balaban J connectivity index is 1.91. The molecule has 1 saturated heterocycles. The number of para-hydroxylation sites is 1. The highest BCUT2D eigenvalue weighted by Gasteiger charge is 2.28. The van der Waals surface area contributed by atoms with E-state index in [0.717, 1.165) is 37.9 Å². The maximum Gasteiger partial charge on any atom is 0.322 e. The molecule has 18 heavy (non-hydrogen) atoms. The van der Waals surface area contributed by atoms with E-state index in [0.29, 0.717) is 0 Å².